The molecule has 3 aromatic rings. The lowest BCUT2D eigenvalue weighted by molar-refractivity contribution is 0.631. The zero-order valence-electron chi connectivity index (χ0n) is 10.6. The first-order chi connectivity index (χ1) is 9.31. The van der Waals surface area contributed by atoms with Crippen LogP contribution in [0, 0.1) is 5.82 Å². The summed E-state index contributed by atoms with van der Waals surface area (Å²) in [5.41, 5.74) is 2.13. The van der Waals surface area contributed by atoms with Gasteiger partial charge in [0.1, 0.15) is 11.6 Å². The van der Waals surface area contributed by atoms with Gasteiger partial charge in [0.25, 0.3) is 0 Å². The summed E-state index contributed by atoms with van der Waals surface area (Å²) in [6, 6.07) is 12.6. The highest BCUT2D eigenvalue weighted by Gasteiger charge is 2.14. The van der Waals surface area contributed by atoms with Crippen LogP contribution < -0.4 is 5.32 Å². The molecule has 0 amide bonds. The van der Waals surface area contributed by atoms with Crippen LogP contribution in [0.25, 0.3) is 16.8 Å². The molecule has 0 unspecified atom stereocenters. The van der Waals surface area contributed by atoms with Gasteiger partial charge in [-0.3, -0.25) is 0 Å². The van der Waals surface area contributed by atoms with Crippen LogP contribution in [-0.4, -0.2) is 16.4 Å². The summed E-state index contributed by atoms with van der Waals surface area (Å²) in [6.07, 6.45) is 1.94. The maximum atomic E-state index is 13.9. The number of nitrogens with one attached hydrogen (secondary N) is 1. The Morgan fingerprint density at radius 1 is 1.16 bits per heavy atom. The minimum Gasteiger partial charge on any atom is -0.313 e. The average molecular weight is 255 g/mol. The van der Waals surface area contributed by atoms with E-state index in [0.717, 1.165) is 11.3 Å². The van der Waals surface area contributed by atoms with Crippen molar-refractivity contribution in [2.75, 3.05) is 7.05 Å². The fourth-order valence-electron chi connectivity index (χ4n) is 2.24. The first kappa shape index (κ1) is 11.9. The van der Waals surface area contributed by atoms with E-state index in [-0.39, 0.29) is 5.82 Å². The zero-order valence-corrected chi connectivity index (χ0v) is 10.6. The average Bonchev–Trinajstić information content (AvgIpc) is 2.79. The maximum absolute atomic E-state index is 13.9. The number of nitrogens with zero attached hydrogens (tertiary/aromatic N) is 2. The van der Waals surface area contributed by atoms with Crippen LogP contribution in [0.15, 0.2) is 48.7 Å². The minimum absolute atomic E-state index is 0.248. The molecule has 0 radical (unpaired) electrons. The topological polar surface area (TPSA) is 29.3 Å². The lowest BCUT2D eigenvalue weighted by Crippen LogP contribution is -2.08. The van der Waals surface area contributed by atoms with Crippen molar-refractivity contribution in [2.24, 2.45) is 0 Å². The first-order valence-electron chi connectivity index (χ1n) is 6.16. The molecule has 0 fully saturated rings. The molecule has 3 nitrogen and oxygen atoms in total. The van der Waals surface area contributed by atoms with Crippen LogP contribution in [0.4, 0.5) is 4.39 Å². The van der Waals surface area contributed by atoms with E-state index in [1.165, 1.54) is 6.07 Å². The molecule has 3 rings (SSSR count). The second-order valence-corrected chi connectivity index (χ2v) is 4.34. The standard InChI is InChI=1S/C15H14FN3/c1-17-10-14-18-15(11-6-2-3-7-12(11)16)13-8-4-5-9-19(13)14/h2-9,17H,10H2,1H3. The second-order valence-electron chi connectivity index (χ2n) is 4.34. The molecule has 0 saturated heterocycles. The Balaban J connectivity index is 2.27. The summed E-state index contributed by atoms with van der Waals surface area (Å²) >= 11 is 0. The van der Waals surface area contributed by atoms with Crippen molar-refractivity contribution in [3.05, 3.63) is 60.3 Å². The van der Waals surface area contributed by atoms with Gasteiger partial charge in [-0.05, 0) is 31.3 Å². The third-order valence-corrected chi connectivity index (χ3v) is 3.09. The summed E-state index contributed by atoms with van der Waals surface area (Å²) in [7, 11) is 1.87. The van der Waals surface area contributed by atoms with Crippen molar-refractivity contribution in [1.82, 2.24) is 14.7 Å². The molecule has 19 heavy (non-hydrogen) atoms. The Morgan fingerprint density at radius 3 is 2.74 bits per heavy atom. The predicted molar refractivity (Wildman–Crippen MR) is 73.3 cm³/mol. The van der Waals surface area contributed by atoms with Crippen LogP contribution in [0.2, 0.25) is 0 Å². The molecule has 4 heteroatoms. The number of halogens is 1. The zero-order chi connectivity index (χ0) is 13.2. The van der Waals surface area contributed by atoms with Crippen LogP contribution >= 0.6 is 0 Å². The Hall–Kier alpha value is -2.20. The normalized spacial score (nSPS) is 11.1. The van der Waals surface area contributed by atoms with Crippen LogP contribution in [0.5, 0.6) is 0 Å². The van der Waals surface area contributed by atoms with E-state index in [2.05, 4.69) is 10.3 Å². The van der Waals surface area contributed by atoms with Crippen LogP contribution in [-0.2, 0) is 6.54 Å². The van der Waals surface area contributed by atoms with E-state index < -0.39 is 0 Å². The quantitative estimate of drug-likeness (QED) is 0.779. The molecule has 0 aliphatic heterocycles. The summed E-state index contributed by atoms with van der Waals surface area (Å²) < 4.78 is 15.9. The molecule has 2 aromatic heterocycles. The van der Waals surface area contributed by atoms with Gasteiger partial charge in [0.15, 0.2) is 0 Å². The third kappa shape index (κ3) is 2.00. The Kier molecular flexibility index (Phi) is 3.01. The van der Waals surface area contributed by atoms with Gasteiger partial charge in [-0.25, -0.2) is 9.37 Å². The number of fused-ring (bicyclic) bond motifs is 1. The van der Waals surface area contributed by atoms with Crippen LogP contribution in [0.1, 0.15) is 5.82 Å². The van der Waals surface area contributed by atoms with Crippen LogP contribution in [0.3, 0.4) is 0 Å². The molecule has 0 aliphatic carbocycles. The van der Waals surface area contributed by atoms with Crippen molar-refractivity contribution in [2.45, 2.75) is 6.54 Å². The highest BCUT2D eigenvalue weighted by molar-refractivity contribution is 5.78. The summed E-state index contributed by atoms with van der Waals surface area (Å²) in [5, 5.41) is 3.08. The van der Waals surface area contributed by atoms with E-state index >= 15 is 0 Å². The molecule has 0 atom stereocenters. The highest BCUT2D eigenvalue weighted by Crippen LogP contribution is 2.26. The predicted octanol–water partition coefficient (Wildman–Crippen LogP) is 2.86. The van der Waals surface area contributed by atoms with Crippen molar-refractivity contribution in [1.29, 1.82) is 0 Å². The van der Waals surface area contributed by atoms with E-state index in [1.807, 2.05) is 41.9 Å². The number of aromatic nitrogens is 2. The van der Waals surface area contributed by atoms with Gasteiger partial charge in [-0.2, -0.15) is 0 Å². The summed E-state index contributed by atoms with van der Waals surface area (Å²) in [5.74, 6) is 0.624. The number of rotatable bonds is 3. The van der Waals surface area contributed by atoms with E-state index in [1.54, 1.807) is 12.1 Å². The monoisotopic (exact) mass is 255 g/mol. The van der Waals surface area contributed by atoms with Gasteiger partial charge in [-0.15, -0.1) is 0 Å². The fourth-order valence-corrected chi connectivity index (χ4v) is 2.24. The minimum atomic E-state index is -0.248. The van der Waals surface area contributed by atoms with Gasteiger partial charge in [-0.1, -0.05) is 18.2 Å². The van der Waals surface area contributed by atoms with Gasteiger partial charge in [0.05, 0.1) is 17.8 Å². The number of hydrogen-bond donors (Lipinski definition) is 1. The number of imidazole rings is 1. The summed E-state index contributed by atoms with van der Waals surface area (Å²) in [4.78, 5) is 4.57. The molecule has 0 bridgehead atoms. The van der Waals surface area contributed by atoms with E-state index in [4.69, 9.17) is 0 Å². The van der Waals surface area contributed by atoms with Gasteiger partial charge in [0.2, 0.25) is 0 Å². The largest absolute Gasteiger partial charge is 0.313 e. The molecule has 0 saturated carbocycles. The van der Waals surface area contributed by atoms with Gasteiger partial charge >= 0.3 is 0 Å². The van der Waals surface area contributed by atoms with E-state index in [0.29, 0.717) is 17.8 Å². The van der Waals surface area contributed by atoms with Crippen molar-refractivity contribution < 1.29 is 4.39 Å². The second kappa shape index (κ2) is 4.82. The van der Waals surface area contributed by atoms with E-state index in [9.17, 15) is 4.39 Å². The molecule has 1 aromatic carbocycles. The Labute approximate surface area is 110 Å². The van der Waals surface area contributed by atoms with Crippen molar-refractivity contribution >= 4 is 5.52 Å². The lowest BCUT2D eigenvalue weighted by Gasteiger charge is -2.00. The highest BCUT2D eigenvalue weighted by atomic mass is 19.1. The van der Waals surface area contributed by atoms with Crippen molar-refractivity contribution in [3.8, 4) is 11.3 Å². The molecule has 2 heterocycles. The van der Waals surface area contributed by atoms with Crippen molar-refractivity contribution in [3.63, 3.8) is 0 Å². The molecule has 0 aliphatic rings. The number of pyridine rings is 1. The molecular weight excluding hydrogens is 241 g/mol. The molecule has 0 spiro atoms. The molecule has 1 N–H and O–H groups in total. The third-order valence-electron chi connectivity index (χ3n) is 3.09. The maximum Gasteiger partial charge on any atom is 0.132 e. The van der Waals surface area contributed by atoms with Gasteiger partial charge < -0.3 is 9.72 Å². The fraction of sp³-hybridized carbons (Fsp3) is 0.133. The first-order valence-corrected chi connectivity index (χ1v) is 6.16. The molecule has 96 valence electrons. The number of benzene rings is 1. The lowest BCUT2D eigenvalue weighted by atomic mass is 10.1. The number of hydrogen-bond acceptors (Lipinski definition) is 2. The summed E-state index contributed by atoms with van der Waals surface area (Å²) in [6.45, 7) is 0.639. The Morgan fingerprint density at radius 2 is 1.95 bits per heavy atom. The SMILES string of the molecule is CNCc1nc(-c2ccccc2F)c2ccccn12. The molecular formula is C15H14FN3. The smallest absolute Gasteiger partial charge is 0.132 e. The van der Waals surface area contributed by atoms with Gasteiger partial charge in [0, 0.05) is 11.8 Å². The Bertz CT molecular complexity index is 718.